The number of methoxy groups -OCH3 is 1. The van der Waals surface area contributed by atoms with E-state index in [4.69, 9.17) is 21.1 Å². The zero-order valence-corrected chi connectivity index (χ0v) is 13.9. The summed E-state index contributed by atoms with van der Waals surface area (Å²) in [5.74, 6) is -0.0695. The summed E-state index contributed by atoms with van der Waals surface area (Å²) in [6.07, 6.45) is 0.266. The van der Waals surface area contributed by atoms with Gasteiger partial charge in [-0.2, -0.15) is 0 Å². The van der Waals surface area contributed by atoms with Crippen LogP contribution >= 0.6 is 11.6 Å². The van der Waals surface area contributed by atoms with Gasteiger partial charge >= 0.3 is 0 Å². The number of halogens is 2. The molecule has 24 heavy (non-hydrogen) atoms. The Hall–Kier alpha value is -2.11. The smallest absolute Gasteiger partial charge is 0.225 e. The Kier molecular flexibility index (Phi) is 5.02. The van der Waals surface area contributed by atoms with E-state index in [1.807, 2.05) is 12.1 Å². The molecule has 1 aliphatic heterocycles. The summed E-state index contributed by atoms with van der Waals surface area (Å²) in [7, 11) is 1.60. The number of hydrogen-bond donors (Lipinski definition) is 1. The summed E-state index contributed by atoms with van der Waals surface area (Å²) in [4.78, 5) is 12.1. The van der Waals surface area contributed by atoms with Crippen LogP contribution in [0.25, 0.3) is 0 Å². The van der Waals surface area contributed by atoms with Crippen LogP contribution < -0.4 is 10.1 Å². The van der Waals surface area contributed by atoms with E-state index in [9.17, 15) is 9.18 Å². The van der Waals surface area contributed by atoms with E-state index in [2.05, 4.69) is 5.32 Å². The largest absolute Gasteiger partial charge is 0.491 e. The highest BCUT2D eigenvalue weighted by Crippen LogP contribution is 2.41. The maximum Gasteiger partial charge on any atom is 0.225 e. The van der Waals surface area contributed by atoms with E-state index in [0.29, 0.717) is 29.7 Å². The van der Waals surface area contributed by atoms with E-state index < -0.39 is 5.82 Å². The molecule has 4 nitrogen and oxygen atoms in total. The predicted molar refractivity (Wildman–Crippen MR) is 90.3 cm³/mol. The SMILES string of the molecule is COCCOc1ccc2c(c1)NC(=O)C[C@H]2c1ccc(F)cc1Cl. The van der Waals surface area contributed by atoms with Gasteiger partial charge in [-0.3, -0.25) is 4.79 Å². The molecule has 0 fully saturated rings. The highest BCUT2D eigenvalue weighted by molar-refractivity contribution is 6.31. The van der Waals surface area contributed by atoms with Crippen molar-refractivity contribution in [3.63, 3.8) is 0 Å². The molecule has 0 unspecified atom stereocenters. The van der Waals surface area contributed by atoms with Gasteiger partial charge in [0, 0.05) is 36.2 Å². The zero-order valence-electron chi connectivity index (χ0n) is 13.1. The second-order valence-corrected chi connectivity index (χ2v) is 5.97. The molecular weight excluding hydrogens is 333 g/mol. The maximum absolute atomic E-state index is 13.3. The van der Waals surface area contributed by atoms with Crippen molar-refractivity contribution in [2.24, 2.45) is 0 Å². The molecule has 3 rings (SSSR count). The van der Waals surface area contributed by atoms with Gasteiger partial charge in [0.15, 0.2) is 0 Å². The van der Waals surface area contributed by atoms with Crippen LogP contribution in [-0.2, 0) is 9.53 Å². The molecule has 1 amide bonds. The molecule has 6 heteroatoms. The number of hydrogen-bond acceptors (Lipinski definition) is 3. The minimum absolute atomic E-state index is 0.109. The van der Waals surface area contributed by atoms with Crippen molar-refractivity contribution < 1.29 is 18.7 Å². The van der Waals surface area contributed by atoms with Crippen molar-refractivity contribution in [3.05, 3.63) is 58.4 Å². The molecule has 0 saturated carbocycles. The van der Waals surface area contributed by atoms with Crippen molar-refractivity contribution in [3.8, 4) is 5.75 Å². The summed E-state index contributed by atoms with van der Waals surface area (Å²) < 4.78 is 23.8. The van der Waals surface area contributed by atoms with Gasteiger partial charge in [-0.05, 0) is 29.3 Å². The number of carbonyl (C=O) groups is 1. The number of amides is 1. The van der Waals surface area contributed by atoms with Gasteiger partial charge in [0.25, 0.3) is 0 Å². The fraction of sp³-hybridized carbons (Fsp3) is 0.278. The van der Waals surface area contributed by atoms with Gasteiger partial charge in [0.05, 0.1) is 6.61 Å². The van der Waals surface area contributed by atoms with Gasteiger partial charge in [0.1, 0.15) is 18.2 Å². The van der Waals surface area contributed by atoms with E-state index in [1.54, 1.807) is 19.2 Å². The quantitative estimate of drug-likeness (QED) is 0.831. The minimum Gasteiger partial charge on any atom is -0.491 e. The Balaban J connectivity index is 1.93. The number of fused-ring (bicyclic) bond motifs is 1. The highest BCUT2D eigenvalue weighted by atomic mass is 35.5. The first kappa shape index (κ1) is 16.7. The van der Waals surface area contributed by atoms with Crippen LogP contribution in [0.3, 0.4) is 0 Å². The molecular formula is C18H17ClFNO3. The summed E-state index contributed by atoms with van der Waals surface area (Å²) in [5, 5.41) is 3.17. The highest BCUT2D eigenvalue weighted by Gasteiger charge is 2.28. The molecule has 1 N–H and O–H groups in total. The summed E-state index contributed by atoms with van der Waals surface area (Å²) in [5.41, 5.74) is 2.36. The van der Waals surface area contributed by atoms with Crippen LogP contribution in [0.5, 0.6) is 5.75 Å². The molecule has 0 aromatic heterocycles. The van der Waals surface area contributed by atoms with Crippen molar-refractivity contribution in [1.29, 1.82) is 0 Å². The number of ether oxygens (including phenoxy) is 2. The molecule has 0 aliphatic carbocycles. The lowest BCUT2D eigenvalue weighted by molar-refractivity contribution is -0.116. The third-order valence-electron chi connectivity index (χ3n) is 3.96. The van der Waals surface area contributed by atoms with Crippen LogP contribution in [0.1, 0.15) is 23.5 Å². The van der Waals surface area contributed by atoms with Gasteiger partial charge in [-0.15, -0.1) is 0 Å². The summed E-state index contributed by atoms with van der Waals surface area (Å²) in [6.45, 7) is 0.910. The van der Waals surface area contributed by atoms with Crippen molar-refractivity contribution in [1.82, 2.24) is 0 Å². The van der Waals surface area contributed by atoms with E-state index in [-0.39, 0.29) is 18.2 Å². The first-order valence-corrected chi connectivity index (χ1v) is 7.96. The number of carbonyl (C=O) groups excluding carboxylic acids is 1. The molecule has 1 heterocycles. The molecule has 1 aliphatic rings. The van der Waals surface area contributed by atoms with E-state index in [0.717, 1.165) is 11.1 Å². The average molecular weight is 350 g/mol. The summed E-state index contributed by atoms with van der Waals surface area (Å²) in [6, 6.07) is 9.79. The summed E-state index contributed by atoms with van der Waals surface area (Å²) >= 11 is 6.18. The topological polar surface area (TPSA) is 47.6 Å². The Morgan fingerprint density at radius 3 is 2.75 bits per heavy atom. The Bertz CT molecular complexity index is 766. The molecule has 0 saturated heterocycles. The third kappa shape index (κ3) is 3.52. The number of nitrogens with one attached hydrogen (secondary N) is 1. The van der Waals surface area contributed by atoms with E-state index >= 15 is 0 Å². The molecule has 2 aromatic carbocycles. The van der Waals surface area contributed by atoms with Gasteiger partial charge in [-0.25, -0.2) is 4.39 Å². The Morgan fingerprint density at radius 1 is 1.21 bits per heavy atom. The van der Waals surface area contributed by atoms with E-state index in [1.165, 1.54) is 12.1 Å². The second kappa shape index (κ2) is 7.20. The lowest BCUT2D eigenvalue weighted by Crippen LogP contribution is -2.23. The van der Waals surface area contributed by atoms with Gasteiger partial charge in [-0.1, -0.05) is 23.7 Å². The molecule has 0 bridgehead atoms. The number of benzene rings is 2. The van der Waals surface area contributed by atoms with Crippen LogP contribution in [-0.4, -0.2) is 26.2 Å². The normalized spacial score (nSPS) is 16.5. The molecule has 2 aromatic rings. The molecule has 126 valence electrons. The monoisotopic (exact) mass is 349 g/mol. The molecule has 0 radical (unpaired) electrons. The Morgan fingerprint density at radius 2 is 2.00 bits per heavy atom. The fourth-order valence-electron chi connectivity index (χ4n) is 2.84. The van der Waals surface area contributed by atoms with Crippen LogP contribution in [0.15, 0.2) is 36.4 Å². The first-order chi connectivity index (χ1) is 11.6. The number of anilines is 1. The predicted octanol–water partition coefficient (Wildman–Crippen LogP) is 3.98. The van der Waals surface area contributed by atoms with Gasteiger partial charge < -0.3 is 14.8 Å². The van der Waals surface area contributed by atoms with Crippen LogP contribution in [0, 0.1) is 5.82 Å². The maximum atomic E-state index is 13.3. The number of rotatable bonds is 5. The average Bonchev–Trinajstić information content (AvgIpc) is 2.54. The Labute approximate surface area is 144 Å². The van der Waals surface area contributed by atoms with Gasteiger partial charge in [0.2, 0.25) is 5.91 Å². The van der Waals surface area contributed by atoms with Crippen molar-refractivity contribution in [2.45, 2.75) is 12.3 Å². The van der Waals surface area contributed by atoms with Crippen LogP contribution in [0.2, 0.25) is 5.02 Å². The second-order valence-electron chi connectivity index (χ2n) is 5.56. The molecule has 1 atom stereocenters. The first-order valence-electron chi connectivity index (χ1n) is 7.59. The zero-order chi connectivity index (χ0) is 17.1. The third-order valence-corrected chi connectivity index (χ3v) is 4.29. The van der Waals surface area contributed by atoms with Crippen LogP contribution in [0.4, 0.5) is 10.1 Å². The lowest BCUT2D eigenvalue weighted by atomic mass is 9.84. The standard InChI is InChI=1S/C18H17ClFNO3/c1-23-6-7-24-12-3-5-14-15(10-18(22)21-17(14)9-12)13-4-2-11(20)8-16(13)19/h2-5,8-9,15H,6-7,10H2,1H3,(H,21,22)/t15-/m0/s1. The minimum atomic E-state index is -0.397. The fourth-order valence-corrected chi connectivity index (χ4v) is 3.14. The molecule has 0 spiro atoms. The van der Waals surface area contributed by atoms with Crippen molar-refractivity contribution in [2.75, 3.05) is 25.6 Å². The lowest BCUT2D eigenvalue weighted by Gasteiger charge is -2.27. The van der Waals surface area contributed by atoms with Crippen molar-refractivity contribution >= 4 is 23.2 Å².